The summed E-state index contributed by atoms with van der Waals surface area (Å²) in [6, 6.07) is 20.3. The first-order valence-electron chi connectivity index (χ1n) is 7.54. The maximum absolute atomic E-state index is 4.56. The van der Waals surface area contributed by atoms with Crippen LogP contribution < -0.4 is 10.2 Å². The van der Waals surface area contributed by atoms with Crippen molar-refractivity contribution in [1.82, 2.24) is 15.2 Å². The molecule has 0 saturated carbocycles. The van der Waals surface area contributed by atoms with Gasteiger partial charge in [-0.05, 0) is 24.6 Å². The Balaban J connectivity index is 1.78. The van der Waals surface area contributed by atoms with E-state index in [1.807, 2.05) is 60.5 Å². The maximum Gasteiger partial charge on any atom is 0.245 e. The first-order chi connectivity index (χ1) is 11.2. The second kappa shape index (κ2) is 6.87. The summed E-state index contributed by atoms with van der Waals surface area (Å²) in [5.74, 6) is 1.26. The van der Waals surface area contributed by atoms with Crippen LogP contribution in [0.2, 0.25) is 0 Å². The van der Waals surface area contributed by atoms with Crippen molar-refractivity contribution < 1.29 is 0 Å². The minimum Gasteiger partial charge on any atom is -0.346 e. The summed E-state index contributed by atoms with van der Waals surface area (Å²) in [5.41, 5.74) is 2.23. The summed E-state index contributed by atoms with van der Waals surface area (Å²) in [7, 11) is 1.96. The second-order valence-electron chi connectivity index (χ2n) is 5.31. The molecule has 116 valence electrons. The number of hydrogen-bond donors (Lipinski definition) is 1. The van der Waals surface area contributed by atoms with Gasteiger partial charge in [-0.1, -0.05) is 48.5 Å². The van der Waals surface area contributed by atoms with E-state index in [-0.39, 0.29) is 6.04 Å². The average Bonchev–Trinajstić information content (AvgIpc) is 2.63. The lowest BCUT2D eigenvalue weighted by Crippen LogP contribution is -2.15. The standard InChI is InChI=1S/C18H19N5/c1-14(15-9-5-3-6-10-15)20-18-21-17(13-19-22-18)23(2)16-11-7-4-8-12-16/h3-14H,1-2H3,(H,20,21,22). The molecule has 0 radical (unpaired) electrons. The molecule has 0 saturated heterocycles. The predicted octanol–water partition coefficient (Wildman–Crippen LogP) is 3.81. The zero-order valence-electron chi connectivity index (χ0n) is 13.2. The van der Waals surface area contributed by atoms with Crippen molar-refractivity contribution in [3.8, 4) is 0 Å². The molecule has 0 aliphatic heterocycles. The third-order valence-corrected chi connectivity index (χ3v) is 3.68. The van der Waals surface area contributed by atoms with Crippen LogP contribution in [0.3, 0.4) is 0 Å². The highest BCUT2D eigenvalue weighted by atomic mass is 15.3. The third kappa shape index (κ3) is 3.63. The van der Waals surface area contributed by atoms with E-state index in [9.17, 15) is 0 Å². The molecular formula is C18H19N5. The van der Waals surface area contributed by atoms with Crippen LogP contribution in [0.15, 0.2) is 66.9 Å². The maximum atomic E-state index is 4.56. The van der Waals surface area contributed by atoms with Crippen molar-refractivity contribution in [2.24, 2.45) is 0 Å². The van der Waals surface area contributed by atoms with Gasteiger partial charge in [0.05, 0.1) is 12.2 Å². The second-order valence-corrected chi connectivity index (χ2v) is 5.31. The number of hydrogen-bond acceptors (Lipinski definition) is 5. The Morgan fingerprint density at radius 1 is 0.957 bits per heavy atom. The van der Waals surface area contributed by atoms with E-state index < -0.39 is 0 Å². The van der Waals surface area contributed by atoms with E-state index in [4.69, 9.17) is 0 Å². The molecule has 0 aliphatic rings. The minimum atomic E-state index is 0.107. The molecule has 5 heteroatoms. The van der Waals surface area contributed by atoms with Crippen molar-refractivity contribution in [2.75, 3.05) is 17.3 Å². The highest BCUT2D eigenvalue weighted by Gasteiger charge is 2.10. The molecule has 3 aromatic rings. The normalized spacial score (nSPS) is 11.7. The van der Waals surface area contributed by atoms with Crippen LogP contribution in [0.4, 0.5) is 17.5 Å². The van der Waals surface area contributed by atoms with Crippen LogP contribution in [0.1, 0.15) is 18.5 Å². The molecule has 1 unspecified atom stereocenters. The highest BCUT2D eigenvalue weighted by molar-refractivity contribution is 5.58. The number of nitrogens with zero attached hydrogens (tertiary/aromatic N) is 4. The Morgan fingerprint density at radius 2 is 1.61 bits per heavy atom. The first kappa shape index (κ1) is 15.0. The number of aromatic nitrogens is 3. The van der Waals surface area contributed by atoms with Gasteiger partial charge in [-0.2, -0.15) is 10.1 Å². The smallest absolute Gasteiger partial charge is 0.245 e. The van der Waals surface area contributed by atoms with E-state index in [0.29, 0.717) is 5.95 Å². The Bertz CT molecular complexity index is 746. The van der Waals surface area contributed by atoms with Gasteiger partial charge >= 0.3 is 0 Å². The molecule has 2 aromatic carbocycles. The van der Waals surface area contributed by atoms with Crippen molar-refractivity contribution in [3.05, 3.63) is 72.4 Å². The van der Waals surface area contributed by atoms with Crippen LogP contribution in [-0.2, 0) is 0 Å². The molecule has 0 amide bonds. The number of benzene rings is 2. The molecule has 0 spiro atoms. The molecule has 1 N–H and O–H groups in total. The van der Waals surface area contributed by atoms with Crippen molar-refractivity contribution in [1.29, 1.82) is 0 Å². The molecule has 0 aliphatic carbocycles. The number of para-hydroxylation sites is 1. The van der Waals surface area contributed by atoms with Crippen LogP contribution in [0.5, 0.6) is 0 Å². The fourth-order valence-electron chi connectivity index (χ4n) is 2.32. The lowest BCUT2D eigenvalue weighted by molar-refractivity contribution is 0.837. The van der Waals surface area contributed by atoms with Crippen LogP contribution in [0.25, 0.3) is 0 Å². The monoisotopic (exact) mass is 305 g/mol. The molecule has 1 atom stereocenters. The quantitative estimate of drug-likeness (QED) is 0.776. The van der Waals surface area contributed by atoms with E-state index in [0.717, 1.165) is 11.5 Å². The summed E-state index contributed by atoms with van der Waals surface area (Å²) in [6.07, 6.45) is 1.66. The first-order valence-corrected chi connectivity index (χ1v) is 7.54. The fourth-order valence-corrected chi connectivity index (χ4v) is 2.32. The van der Waals surface area contributed by atoms with E-state index in [1.54, 1.807) is 6.20 Å². The van der Waals surface area contributed by atoms with Gasteiger partial charge in [0, 0.05) is 12.7 Å². The number of rotatable bonds is 5. The Morgan fingerprint density at radius 3 is 2.30 bits per heavy atom. The molecule has 5 nitrogen and oxygen atoms in total. The fraction of sp³-hybridized carbons (Fsp3) is 0.167. The summed E-state index contributed by atoms with van der Waals surface area (Å²) in [6.45, 7) is 2.08. The molecular weight excluding hydrogens is 286 g/mol. The SMILES string of the molecule is CC(Nc1nncc(N(C)c2ccccc2)n1)c1ccccc1. The molecule has 0 fully saturated rings. The lowest BCUT2D eigenvalue weighted by atomic mass is 10.1. The van der Waals surface area contributed by atoms with Gasteiger partial charge in [0.2, 0.25) is 5.95 Å². The molecule has 1 heterocycles. The summed E-state index contributed by atoms with van der Waals surface area (Å²) < 4.78 is 0. The van der Waals surface area contributed by atoms with Crippen LogP contribution >= 0.6 is 0 Å². The van der Waals surface area contributed by atoms with Gasteiger partial charge in [-0.25, -0.2) is 0 Å². The topological polar surface area (TPSA) is 53.9 Å². The van der Waals surface area contributed by atoms with Crippen molar-refractivity contribution in [2.45, 2.75) is 13.0 Å². The molecule has 3 rings (SSSR count). The number of anilines is 3. The highest BCUT2D eigenvalue weighted by Crippen LogP contribution is 2.22. The summed E-state index contributed by atoms with van der Waals surface area (Å²) >= 11 is 0. The van der Waals surface area contributed by atoms with Gasteiger partial charge < -0.3 is 10.2 Å². The zero-order chi connectivity index (χ0) is 16.1. The van der Waals surface area contributed by atoms with Gasteiger partial charge in [0.25, 0.3) is 0 Å². The van der Waals surface area contributed by atoms with Crippen molar-refractivity contribution >= 4 is 17.5 Å². The largest absolute Gasteiger partial charge is 0.346 e. The van der Waals surface area contributed by atoms with Crippen molar-refractivity contribution in [3.63, 3.8) is 0 Å². The van der Waals surface area contributed by atoms with E-state index in [1.165, 1.54) is 5.56 Å². The van der Waals surface area contributed by atoms with Gasteiger partial charge in [-0.15, -0.1) is 5.10 Å². The van der Waals surface area contributed by atoms with E-state index in [2.05, 4.69) is 39.6 Å². The average molecular weight is 305 g/mol. The zero-order valence-corrected chi connectivity index (χ0v) is 13.2. The number of nitrogens with one attached hydrogen (secondary N) is 1. The van der Waals surface area contributed by atoms with E-state index >= 15 is 0 Å². The predicted molar refractivity (Wildman–Crippen MR) is 92.8 cm³/mol. The third-order valence-electron chi connectivity index (χ3n) is 3.68. The van der Waals surface area contributed by atoms with Crippen LogP contribution in [-0.4, -0.2) is 22.2 Å². The molecule has 0 bridgehead atoms. The van der Waals surface area contributed by atoms with Gasteiger partial charge in [-0.3, -0.25) is 0 Å². The van der Waals surface area contributed by atoms with Gasteiger partial charge in [0.15, 0.2) is 5.82 Å². The Kier molecular flexibility index (Phi) is 4.47. The van der Waals surface area contributed by atoms with Gasteiger partial charge in [0.1, 0.15) is 0 Å². The molecule has 23 heavy (non-hydrogen) atoms. The minimum absolute atomic E-state index is 0.107. The lowest BCUT2D eigenvalue weighted by Gasteiger charge is -2.19. The summed E-state index contributed by atoms with van der Waals surface area (Å²) in [4.78, 5) is 6.53. The Hall–Kier alpha value is -2.95. The molecule has 1 aromatic heterocycles. The Labute approximate surface area is 136 Å². The van der Waals surface area contributed by atoms with Crippen LogP contribution in [0, 0.1) is 0 Å². The summed E-state index contributed by atoms with van der Waals surface area (Å²) in [5, 5.41) is 11.4.